The molecule has 0 atom stereocenters. The van der Waals surface area contributed by atoms with Crippen molar-refractivity contribution in [2.24, 2.45) is 0 Å². The summed E-state index contributed by atoms with van der Waals surface area (Å²) in [6.07, 6.45) is 5.53. The third kappa shape index (κ3) is 3.15. The van der Waals surface area contributed by atoms with Gasteiger partial charge in [0.15, 0.2) is 12.4 Å². The number of piperazine rings is 1. The number of anilines is 2. The Morgan fingerprint density at radius 3 is 2.23 bits per heavy atom. The lowest BCUT2D eigenvalue weighted by molar-refractivity contribution is -0.377. The Morgan fingerprint density at radius 1 is 0.885 bits per heavy atom. The molecule has 0 spiro atoms. The maximum Gasteiger partial charge on any atom is 0.292 e. The van der Waals surface area contributed by atoms with Crippen LogP contribution in [0.1, 0.15) is 0 Å². The Hall–Kier alpha value is -2.86. The summed E-state index contributed by atoms with van der Waals surface area (Å²) in [5.74, 6) is 0. The van der Waals surface area contributed by atoms with E-state index in [0.29, 0.717) is 11.4 Å². The molecule has 1 aliphatic rings. The van der Waals surface area contributed by atoms with E-state index in [4.69, 9.17) is 11.6 Å². The summed E-state index contributed by atoms with van der Waals surface area (Å²) in [6.45, 7) is 3.30. The van der Waals surface area contributed by atoms with Gasteiger partial charge in [0.25, 0.3) is 5.56 Å². The van der Waals surface area contributed by atoms with Gasteiger partial charge < -0.3 is 9.80 Å². The van der Waals surface area contributed by atoms with Gasteiger partial charge in [-0.3, -0.25) is 4.79 Å². The van der Waals surface area contributed by atoms with Crippen LogP contribution in [0.3, 0.4) is 0 Å². The van der Waals surface area contributed by atoms with Crippen LogP contribution in [0.15, 0.2) is 65.8 Å². The number of nitrogens with one attached hydrogen (secondary N) is 1. The lowest BCUT2D eigenvalue weighted by Crippen LogP contribution is -2.47. The number of benzene rings is 1. The first kappa shape index (κ1) is 16.6. The summed E-state index contributed by atoms with van der Waals surface area (Å²) in [7, 11) is 0. The molecule has 6 nitrogen and oxygen atoms in total. The molecule has 4 rings (SSSR count). The van der Waals surface area contributed by atoms with Crippen LogP contribution in [0.2, 0.25) is 5.02 Å². The van der Waals surface area contributed by atoms with Crippen LogP contribution >= 0.6 is 11.6 Å². The van der Waals surface area contributed by atoms with E-state index in [2.05, 4.69) is 32.0 Å². The van der Waals surface area contributed by atoms with Crippen LogP contribution in [0, 0.1) is 0 Å². The number of nitrogens with zero attached hydrogens (tertiary/aromatic N) is 4. The van der Waals surface area contributed by atoms with Gasteiger partial charge in [0.05, 0.1) is 17.6 Å². The highest BCUT2D eigenvalue weighted by Gasteiger charge is 2.22. The molecule has 1 saturated heterocycles. The van der Waals surface area contributed by atoms with E-state index in [1.807, 2.05) is 42.7 Å². The van der Waals surface area contributed by atoms with Crippen molar-refractivity contribution in [2.75, 3.05) is 36.0 Å². The number of halogens is 1. The number of para-hydroxylation sites is 1. The fraction of sp³-hybridized carbons (Fsp3) is 0.211. The minimum Gasteiger partial charge on any atom is -0.368 e. The number of hydrogen-bond acceptors (Lipinski definition) is 4. The average Bonchev–Trinajstić information content (AvgIpc) is 2.71. The largest absolute Gasteiger partial charge is 0.368 e. The lowest BCUT2D eigenvalue weighted by atomic mass is 10.2. The highest BCUT2D eigenvalue weighted by molar-refractivity contribution is 6.33. The van der Waals surface area contributed by atoms with E-state index < -0.39 is 0 Å². The van der Waals surface area contributed by atoms with Gasteiger partial charge in [-0.25, -0.2) is 4.98 Å². The van der Waals surface area contributed by atoms with Gasteiger partial charge in [0, 0.05) is 44.0 Å². The van der Waals surface area contributed by atoms with Crippen LogP contribution in [-0.4, -0.2) is 36.0 Å². The number of pyridine rings is 1. The zero-order valence-electron chi connectivity index (χ0n) is 14.2. The minimum atomic E-state index is -0.295. The summed E-state index contributed by atoms with van der Waals surface area (Å²) in [5.41, 5.74) is 2.30. The fourth-order valence-corrected chi connectivity index (χ4v) is 3.44. The number of aromatic amines is 1. The Labute approximate surface area is 156 Å². The van der Waals surface area contributed by atoms with E-state index in [9.17, 15) is 4.79 Å². The van der Waals surface area contributed by atoms with Crippen molar-refractivity contribution in [3.05, 3.63) is 76.4 Å². The summed E-state index contributed by atoms with van der Waals surface area (Å²) in [5, 5.41) is 4.54. The Morgan fingerprint density at radius 2 is 1.54 bits per heavy atom. The van der Waals surface area contributed by atoms with E-state index in [1.165, 1.54) is 10.4 Å². The van der Waals surface area contributed by atoms with Crippen molar-refractivity contribution in [1.82, 2.24) is 9.78 Å². The van der Waals surface area contributed by atoms with E-state index >= 15 is 0 Å². The van der Waals surface area contributed by atoms with E-state index in [1.54, 1.807) is 6.20 Å². The van der Waals surface area contributed by atoms with E-state index in [-0.39, 0.29) is 10.6 Å². The normalized spacial score (nSPS) is 14.5. The van der Waals surface area contributed by atoms with Gasteiger partial charge in [-0.1, -0.05) is 29.8 Å². The van der Waals surface area contributed by atoms with Crippen molar-refractivity contribution in [1.29, 1.82) is 0 Å². The monoisotopic (exact) mass is 368 g/mol. The van der Waals surface area contributed by atoms with Crippen molar-refractivity contribution in [3.8, 4) is 5.69 Å². The third-order valence-electron chi connectivity index (χ3n) is 4.59. The summed E-state index contributed by atoms with van der Waals surface area (Å²) in [4.78, 5) is 20.1. The van der Waals surface area contributed by atoms with Crippen molar-refractivity contribution < 1.29 is 4.98 Å². The third-order valence-corrected chi connectivity index (χ3v) is 4.94. The molecular formula is C19H19ClN5O+. The molecule has 1 aliphatic heterocycles. The predicted molar refractivity (Wildman–Crippen MR) is 102 cm³/mol. The maximum absolute atomic E-state index is 12.6. The molecule has 0 bridgehead atoms. The molecule has 0 aliphatic carbocycles. The predicted octanol–water partition coefficient (Wildman–Crippen LogP) is 2.03. The number of rotatable bonds is 3. The summed E-state index contributed by atoms with van der Waals surface area (Å²) < 4.78 is 1.34. The zero-order valence-corrected chi connectivity index (χ0v) is 14.9. The highest BCUT2D eigenvalue weighted by Crippen LogP contribution is 2.24. The highest BCUT2D eigenvalue weighted by atomic mass is 35.5. The van der Waals surface area contributed by atoms with Crippen molar-refractivity contribution in [2.45, 2.75) is 0 Å². The summed E-state index contributed by atoms with van der Waals surface area (Å²) in [6, 6.07) is 13.4. The SMILES string of the molecule is O=c1c(Cl)c(N2CCN(c3cc[nH+]cc3)CC2)cnn1-c1ccccc1. The lowest BCUT2D eigenvalue weighted by Gasteiger charge is -2.37. The van der Waals surface area contributed by atoms with Gasteiger partial charge in [-0.05, 0) is 12.1 Å². The van der Waals surface area contributed by atoms with E-state index in [0.717, 1.165) is 26.2 Å². The Bertz CT molecular complexity index is 937. The number of H-pyrrole nitrogens is 1. The standard InChI is InChI=1S/C19H18ClN5O/c20-18-17(14-22-25(19(18)26)16-4-2-1-3-5-16)24-12-10-23(11-13-24)15-6-8-21-9-7-15/h1-9,14H,10-13H2/p+1. The van der Waals surface area contributed by atoms with Crippen LogP contribution in [-0.2, 0) is 0 Å². The summed E-state index contributed by atoms with van der Waals surface area (Å²) >= 11 is 6.40. The van der Waals surface area contributed by atoms with Crippen molar-refractivity contribution in [3.63, 3.8) is 0 Å². The Balaban J connectivity index is 1.54. The first-order valence-corrected chi connectivity index (χ1v) is 8.91. The second kappa shape index (κ2) is 7.17. The van der Waals surface area contributed by atoms with Gasteiger partial charge >= 0.3 is 0 Å². The number of aromatic nitrogens is 3. The first-order valence-electron chi connectivity index (χ1n) is 8.53. The van der Waals surface area contributed by atoms with Gasteiger partial charge in [0.2, 0.25) is 0 Å². The molecule has 0 amide bonds. The molecule has 1 aromatic carbocycles. The van der Waals surface area contributed by atoms with Gasteiger partial charge in [0.1, 0.15) is 5.02 Å². The second-order valence-electron chi connectivity index (χ2n) is 6.13. The molecule has 26 heavy (non-hydrogen) atoms. The molecule has 7 heteroatoms. The average molecular weight is 369 g/mol. The topological polar surface area (TPSA) is 55.5 Å². The van der Waals surface area contributed by atoms with Gasteiger partial charge in [-0.2, -0.15) is 9.78 Å². The molecule has 132 valence electrons. The smallest absolute Gasteiger partial charge is 0.292 e. The maximum atomic E-state index is 12.6. The zero-order chi connectivity index (χ0) is 17.9. The van der Waals surface area contributed by atoms with Crippen LogP contribution < -0.4 is 20.3 Å². The first-order chi connectivity index (χ1) is 12.7. The second-order valence-corrected chi connectivity index (χ2v) is 6.51. The van der Waals surface area contributed by atoms with Crippen LogP contribution in [0.25, 0.3) is 5.69 Å². The molecule has 2 aromatic heterocycles. The molecule has 0 radical (unpaired) electrons. The minimum absolute atomic E-state index is 0.214. The molecule has 0 unspecified atom stereocenters. The molecular weight excluding hydrogens is 350 g/mol. The molecule has 3 aromatic rings. The molecule has 1 fully saturated rings. The fourth-order valence-electron chi connectivity index (χ4n) is 3.19. The molecule has 1 N–H and O–H groups in total. The van der Waals surface area contributed by atoms with Crippen molar-refractivity contribution >= 4 is 23.0 Å². The van der Waals surface area contributed by atoms with Crippen LogP contribution in [0.4, 0.5) is 11.4 Å². The number of hydrogen-bond donors (Lipinski definition) is 0. The molecule has 0 saturated carbocycles. The Kier molecular flexibility index (Phi) is 4.58. The van der Waals surface area contributed by atoms with Crippen LogP contribution in [0.5, 0.6) is 0 Å². The van der Waals surface area contributed by atoms with Gasteiger partial charge in [-0.15, -0.1) is 0 Å². The molecule has 3 heterocycles. The quantitative estimate of drug-likeness (QED) is 0.709.